The highest BCUT2D eigenvalue weighted by Crippen LogP contribution is 2.24. The molecule has 138 valence electrons. The smallest absolute Gasteiger partial charge is 0.224 e. The van der Waals surface area contributed by atoms with E-state index in [0.717, 1.165) is 36.6 Å². The molecule has 0 unspecified atom stereocenters. The fourth-order valence-corrected chi connectivity index (χ4v) is 3.57. The third-order valence-electron chi connectivity index (χ3n) is 5.10. The maximum atomic E-state index is 12.9. The van der Waals surface area contributed by atoms with E-state index in [4.69, 9.17) is 4.98 Å². The molecule has 1 fully saturated rings. The van der Waals surface area contributed by atoms with Gasteiger partial charge in [0, 0.05) is 43.9 Å². The molecule has 26 heavy (non-hydrogen) atoms. The van der Waals surface area contributed by atoms with Gasteiger partial charge in [-0.25, -0.2) is 9.97 Å². The maximum absolute atomic E-state index is 12.9. The third-order valence-corrected chi connectivity index (χ3v) is 5.10. The SMILES string of the molecule is CCc1cnc(C)nc1N1CCC(=O)N(Cc2ccccc2)[C@H](CC)C1. The van der Waals surface area contributed by atoms with Gasteiger partial charge in [0.25, 0.3) is 0 Å². The minimum atomic E-state index is 0.185. The van der Waals surface area contributed by atoms with Crippen LogP contribution in [0.3, 0.4) is 0 Å². The van der Waals surface area contributed by atoms with Crippen molar-refractivity contribution >= 4 is 11.7 Å². The molecule has 0 saturated carbocycles. The molecule has 1 aliphatic rings. The summed E-state index contributed by atoms with van der Waals surface area (Å²) in [7, 11) is 0. The number of carbonyl (C=O) groups excluding carboxylic acids is 1. The molecule has 1 aromatic carbocycles. The van der Waals surface area contributed by atoms with Gasteiger partial charge in [-0.3, -0.25) is 4.79 Å². The van der Waals surface area contributed by atoms with Crippen LogP contribution in [-0.2, 0) is 17.8 Å². The molecule has 0 spiro atoms. The van der Waals surface area contributed by atoms with Gasteiger partial charge in [-0.1, -0.05) is 44.2 Å². The van der Waals surface area contributed by atoms with Gasteiger partial charge >= 0.3 is 0 Å². The first-order chi connectivity index (χ1) is 12.6. The third kappa shape index (κ3) is 4.03. The molecule has 1 atom stereocenters. The highest BCUT2D eigenvalue weighted by Gasteiger charge is 2.30. The Morgan fingerprint density at radius 1 is 1.19 bits per heavy atom. The lowest BCUT2D eigenvalue weighted by atomic mass is 10.1. The first-order valence-electron chi connectivity index (χ1n) is 9.53. The lowest BCUT2D eigenvalue weighted by Gasteiger charge is -2.32. The number of aryl methyl sites for hydroxylation is 2. The van der Waals surface area contributed by atoms with Gasteiger partial charge in [0.15, 0.2) is 0 Å². The van der Waals surface area contributed by atoms with E-state index in [1.54, 1.807) is 0 Å². The number of nitrogens with zero attached hydrogens (tertiary/aromatic N) is 4. The minimum Gasteiger partial charge on any atom is -0.354 e. The van der Waals surface area contributed by atoms with Crippen molar-refractivity contribution in [2.45, 2.75) is 52.6 Å². The highest BCUT2D eigenvalue weighted by atomic mass is 16.2. The topological polar surface area (TPSA) is 49.3 Å². The molecule has 2 heterocycles. The number of anilines is 1. The summed E-state index contributed by atoms with van der Waals surface area (Å²) in [5, 5.41) is 0. The zero-order valence-electron chi connectivity index (χ0n) is 16.0. The Morgan fingerprint density at radius 2 is 1.96 bits per heavy atom. The van der Waals surface area contributed by atoms with Crippen LogP contribution >= 0.6 is 0 Å². The van der Waals surface area contributed by atoms with Gasteiger partial charge in [-0.15, -0.1) is 0 Å². The van der Waals surface area contributed by atoms with Crippen molar-refractivity contribution < 1.29 is 4.79 Å². The average molecular weight is 352 g/mol. The standard InChI is InChI=1S/C21H28N4O/c1-4-18-13-22-16(3)23-21(18)24-12-11-20(26)25(19(5-2)15-24)14-17-9-7-6-8-10-17/h6-10,13,19H,4-5,11-12,14-15H2,1-3H3/t19-/m1/s1. The van der Waals surface area contributed by atoms with Gasteiger partial charge in [0.2, 0.25) is 5.91 Å². The normalized spacial score (nSPS) is 18.1. The second-order valence-electron chi connectivity index (χ2n) is 6.88. The summed E-state index contributed by atoms with van der Waals surface area (Å²) in [4.78, 5) is 26.2. The molecule has 2 aromatic rings. The summed E-state index contributed by atoms with van der Waals surface area (Å²) in [6.45, 7) is 8.41. The molecule has 1 amide bonds. The molecule has 1 saturated heterocycles. The molecule has 0 aliphatic carbocycles. The van der Waals surface area contributed by atoms with Crippen molar-refractivity contribution in [1.82, 2.24) is 14.9 Å². The summed E-state index contributed by atoms with van der Waals surface area (Å²) in [5.74, 6) is 2.00. The largest absolute Gasteiger partial charge is 0.354 e. The van der Waals surface area contributed by atoms with Crippen LogP contribution in [0.4, 0.5) is 5.82 Å². The van der Waals surface area contributed by atoms with Crippen molar-refractivity contribution in [3.8, 4) is 0 Å². The molecule has 0 N–H and O–H groups in total. The minimum absolute atomic E-state index is 0.185. The molecule has 1 aliphatic heterocycles. The van der Waals surface area contributed by atoms with E-state index in [-0.39, 0.29) is 11.9 Å². The zero-order valence-corrected chi connectivity index (χ0v) is 16.0. The molecule has 5 heteroatoms. The number of benzene rings is 1. The predicted octanol–water partition coefficient (Wildman–Crippen LogP) is 3.36. The van der Waals surface area contributed by atoms with E-state index in [9.17, 15) is 4.79 Å². The number of aromatic nitrogens is 2. The van der Waals surface area contributed by atoms with E-state index in [0.29, 0.717) is 19.5 Å². The molecular weight excluding hydrogens is 324 g/mol. The van der Waals surface area contributed by atoms with E-state index >= 15 is 0 Å². The molecular formula is C21H28N4O. The van der Waals surface area contributed by atoms with Gasteiger partial charge in [-0.05, 0) is 25.3 Å². The molecule has 0 bridgehead atoms. The average Bonchev–Trinajstić information content (AvgIpc) is 2.82. The Kier molecular flexibility index (Phi) is 5.86. The lowest BCUT2D eigenvalue weighted by Crippen LogP contribution is -2.42. The van der Waals surface area contributed by atoms with Crippen LogP contribution in [0.5, 0.6) is 0 Å². The summed E-state index contributed by atoms with van der Waals surface area (Å²) >= 11 is 0. The Hall–Kier alpha value is -2.43. The highest BCUT2D eigenvalue weighted by molar-refractivity contribution is 5.78. The summed E-state index contributed by atoms with van der Waals surface area (Å²) in [6.07, 6.45) is 4.27. The number of hydrogen-bond donors (Lipinski definition) is 0. The molecule has 3 rings (SSSR count). The maximum Gasteiger partial charge on any atom is 0.224 e. The van der Waals surface area contributed by atoms with Gasteiger partial charge in [-0.2, -0.15) is 0 Å². The number of rotatable bonds is 5. The van der Waals surface area contributed by atoms with Crippen molar-refractivity contribution in [2.75, 3.05) is 18.0 Å². The van der Waals surface area contributed by atoms with Crippen LogP contribution < -0.4 is 4.90 Å². The first kappa shape index (κ1) is 18.4. The van der Waals surface area contributed by atoms with Crippen LogP contribution in [0.25, 0.3) is 0 Å². The van der Waals surface area contributed by atoms with Crippen LogP contribution in [0, 0.1) is 6.92 Å². The van der Waals surface area contributed by atoms with E-state index in [1.807, 2.05) is 31.3 Å². The van der Waals surface area contributed by atoms with Crippen LogP contribution in [0.2, 0.25) is 0 Å². The van der Waals surface area contributed by atoms with Crippen LogP contribution in [0.15, 0.2) is 36.5 Å². The fourth-order valence-electron chi connectivity index (χ4n) is 3.57. The second kappa shape index (κ2) is 8.30. The second-order valence-corrected chi connectivity index (χ2v) is 6.88. The van der Waals surface area contributed by atoms with Gasteiger partial charge < -0.3 is 9.80 Å². The van der Waals surface area contributed by atoms with Gasteiger partial charge in [0.1, 0.15) is 11.6 Å². The molecule has 0 radical (unpaired) electrons. The Morgan fingerprint density at radius 3 is 2.65 bits per heavy atom. The quantitative estimate of drug-likeness (QED) is 0.828. The number of hydrogen-bond acceptors (Lipinski definition) is 4. The van der Waals surface area contributed by atoms with Gasteiger partial charge in [0.05, 0.1) is 0 Å². The van der Waals surface area contributed by atoms with E-state index < -0.39 is 0 Å². The zero-order chi connectivity index (χ0) is 18.5. The predicted molar refractivity (Wildman–Crippen MR) is 104 cm³/mol. The molecule has 1 aromatic heterocycles. The lowest BCUT2D eigenvalue weighted by molar-refractivity contribution is -0.133. The van der Waals surface area contributed by atoms with Crippen molar-refractivity contribution in [2.24, 2.45) is 0 Å². The number of carbonyl (C=O) groups is 1. The summed E-state index contributed by atoms with van der Waals surface area (Å²) in [6, 6.07) is 10.4. The van der Waals surface area contributed by atoms with Crippen molar-refractivity contribution in [1.29, 1.82) is 0 Å². The van der Waals surface area contributed by atoms with Crippen molar-refractivity contribution in [3.63, 3.8) is 0 Å². The monoisotopic (exact) mass is 352 g/mol. The first-order valence-corrected chi connectivity index (χ1v) is 9.53. The van der Waals surface area contributed by atoms with E-state index in [1.165, 1.54) is 5.56 Å². The number of amides is 1. The summed E-state index contributed by atoms with van der Waals surface area (Å²) in [5.41, 5.74) is 2.33. The van der Waals surface area contributed by atoms with Crippen LogP contribution in [0.1, 0.15) is 43.6 Å². The summed E-state index contributed by atoms with van der Waals surface area (Å²) < 4.78 is 0. The van der Waals surface area contributed by atoms with E-state index in [2.05, 4.69) is 40.8 Å². The fraction of sp³-hybridized carbons (Fsp3) is 0.476. The van der Waals surface area contributed by atoms with Crippen molar-refractivity contribution in [3.05, 3.63) is 53.5 Å². The Bertz CT molecular complexity index is 747. The Labute approximate surface area is 156 Å². The van der Waals surface area contributed by atoms with Crippen LogP contribution in [-0.4, -0.2) is 39.9 Å². The molecule has 5 nitrogen and oxygen atoms in total. The Balaban J connectivity index is 1.86.